The largest absolute Gasteiger partial charge is 0.298 e. The summed E-state index contributed by atoms with van der Waals surface area (Å²) in [4.78, 5) is 14.2. The van der Waals surface area contributed by atoms with Gasteiger partial charge in [0.15, 0.2) is 6.29 Å². The van der Waals surface area contributed by atoms with Gasteiger partial charge in [0.2, 0.25) is 0 Å². The number of hydrogen-bond donors (Lipinski definition) is 2. The highest BCUT2D eigenvalue weighted by molar-refractivity contribution is 7.86. The van der Waals surface area contributed by atoms with Gasteiger partial charge in [0, 0.05) is 17.3 Å². The predicted octanol–water partition coefficient (Wildman–Crippen LogP) is 1.59. The zero-order valence-corrected chi connectivity index (χ0v) is 11.5. The van der Waals surface area contributed by atoms with E-state index in [4.69, 9.17) is 4.55 Å². The lowest BCUT2D eigenvalue weighted by Crippen LogP contribution is -2.03. The minimum atomic E-state index is -4.31. The molecule has 0 amide bonds. The van der Waals surface area contributed by atoms with Gasteiger partial charge in [-0.3, -0.25) is 14.8 Å². The highest BCUT2D eigenvalue weighted by Gasteiger charge is 2.12. The molecule has 2 rings (SSSR count). The molecule has 1 aromatic carbocycles. The molecule has 108 valence electrons. The van der Waals surface area contributed by atoms with E-state index in [1.54, 1.807) is 18.2 Å². The van der Waals surface area contributed by atoms with E-state index in [1.807, 2.05) is 0 Å². The van der Waals surface area contributed by atoms with Crippen LogP contribution in [0, 0.1) is 0 Å². The second-order valence-corrected chi connectivity index (χ2v) is 5.37. The number of carbonyl (C=O) groups is 1. The summed E-state index contributed by atoms with van der Waals surface area (Å²) in [6, 6.07) is 8.99. The number of nitrogens with zero attached hydrogens (tertiary/aromatic N) is 2. The molecule has 1 heterocycles. The zero-order valence-electron chi connectivity index (χ0n) is 10.7. The van der Waals surface area contributed by atoms with E-state index >= 15 is 0 Å². The Labute approximate surface area is 121 Å². The first-order chi connectivity index (χ1) is 10.0. The van der Waals surface area contributed by atoms with Crippen molar-refractivity contribution in [3.05, 3.63) is 53.7 Å². The summed E-state index contributed by atoms with van der Waals surface area (Å²) in [5.41, 5.74) is 3.25. The Hall–Kier alpha value is -2.58. The maximum Gasteiger partial charge on any atom is 0.295 e. The van der Waals surface area contributed by atoms with Crippen LogP contribution in [0.15, 0.2) is 52.6 Å². The van der Waals surface area contributed by atoms with Crippen molar-refractivity contribution >= 4 is 28.4 Å². The summed E-state index contributed by atoms with van der Waals surface area (Å²) in [5.74, 6) is 0.390. The molecule has 1 aromatic heterocycles. The molecular formula is C13H11N3O4S. The molecule has 21 heavy (non-hydrogen) atoms. The number of carbonyl (C=O) groups excluding carboxylic acids is 1. The molecule has 0 fully saturated rings. The van der Waals surface area contributed by atoms with Crippen molar-refractivity contribution in [1.82, 2.24) is 4.98 Å². The van der Waals surface area contributed by atoms with E-state index in [0.717, 1.165) is 0 Å². The Morgan fingerprint density at radius 2 is 1.95 bits per heavy atom. The van der Waals surface area contributed by atoms with Crippen molar-refractivity contribution in [1.29, 1.82) is 0 Å². The molecule has 2 N–H and O–H groups in total. The highest BCUT2D eigenvalue weighted by atomic mass is 32.2. The van der Waals surface area contributed by atoms with Crippen LogP contribution in [0.4, 0.5) is 5.82 Å². The van der Waals surface area contributed by atoms with Gasteiger partial charge in [-0.2, -0.15) is 13.5 Å². The first-order valence-electron chi connectivity index (χ1n) is 5.77. The van der Waals surface area contributed by atoms with Crippen LogP contribution >= 0.6 is 0 Å². The van der Waals surface area contributed by atoms with Gasteiger partial charge >= 0.3 is 0 Å². The van der Waals surface area contributed by atoms with Gasteiger partial charge < -0.3 is 0 Å². The normalized spacial score (nSPS) is 11.5. The van der Waals surface area contributed by atoms with Crippen LogP contribution in [0.5, 0.6) is 0 Å². The number of rotatable bonds is 5. The van der Waals surface area contributed by atoms with Gasteiger partial charge in [0.05, 0.1) is 6.21 Å². The Morgan fingerprint density at radius 1 is 1.19 bits per heavy atom. The van der Waals surface area contributed by atoms with Crippen molar-refractivity contribution in [2.24, 2.45) is 5.10 Å². The molecule has 0 radical (unpaired) electrons. The van der Waals surface area contributed by atoms with Crippen LogP contribution in [0.25, 0.3) is 0 Å². The average Bonchev–Trinajstić information content (AvgIpc) is 2.47. The SMILES string of the molecule is O=Cc1ccc(NN=Cc2ccccc2S(=O)(=O)O)nc1. The summed E-state index contributed by atoms with van der Waals surface area (Å²) >= 11 is 0. The van der Waals surface area contributed by atoms with Gasteiger partial charge in [0.25, 0.3) is 10.1 Å². The summed E-state index contributed by atoms with van der Waals surface area (Å²) in [6.07, 6.45) is 3.29. The number of aldehydes is 1. The molecule has 2 aromatic rings. The van der Waals surface area contributed by atoms with Crippen LogP contribution in [-0.4, -0.2) is 30.5 Å². The molecular weight excluding hydrogens is 294 g/mol. The first-order valence-corrected chi connectivity index (χ1v) is 7.21. The molecule has 0 saturated heterocycles. The smallest absolute Gasteiger partial charge is 0.295 e. The van der Waals surface area contributed by atoms with Crippen molar-refractivity contribution < 1.29 is 17.8 Å². The Kier molecular flexibility index (Phi) is 4.41. The number of benzene rings is 1. The average molecular weight is 305 g/mol. The van der Waals surface area contributed by atoms with Gasteiger partial charge in [-0.25, -0.2) is 4.98 Å². The number of pyridine rings is 1. The maximum absolute atomic E-state index is 11.2. The van der Waals surface area contributed by atoms with E-state index in [2.05, 4.69) is 15.5 Å². The van der Waals surface area contributed by atoms with Gasteiger partial charge in [-0.15, -0.1) is 0 Å². The number of nitrogens with one attached hydrogen (secondary N) is 1. The fourth-order valence-corrected chi connectivity index (χ4v) is 2.20. The Morgan fingerprint density at radius 3 is 2.57 bits per heavy atom. The van der Waals surface area contributed by atoms with E-state index in [0.29, 0.717) is 17.7 Å². The molecule has 0 aliphatic carbocycles. The zero-order chi connectivity index (χ0) is 15.3. The van der Waals surface area contributed by atoms with Crippen LogP contribution in [-0.2, 0) is 10.1 Å². The topological polar surface area (TPSA) is 109 Å². The second-order valence-electron chi connectivity index (χ2n) is 3.98. The molecule has 0 aliphatic heterocycles. The van der Waals surface area contributed by atoms with Gasteiger partial charge in [-0.05, 0) is 18.2 Å². The first kappa shape index (κ1) is 14.8. The number of hydrogen-bond acceptors (Lipinski definition) is 6. The van der Waals surface area contributed by atoms with Crippen molar-refractivity contribution in [2.75, 3.05) is 5.43 Å². The third-order valence-electron chi connectivity index (χ3n) is 2.50. The molecule has 0 spiro atoms. The summed E-state index contributed by atoms with van der Waals surface area (Å²) in [7, 11) is -4.31. The summed E-state index contributed by atoms with van der Waals surface area (Å²) in [6.45, 7) is 0. The lowest BCUT2D eigenvalue weighted by atomic mass is 10.2. The quantitative estimate of drug-likeness (QED) is 0.376. The fraction of sp³-hybridized carbons (Fsp3) is 0. The molecule has 0 bridgehead atoms. The van der Waals surface area contributed by atoms with Crippen LogP contribution < -0.4 is 5.43 Å². The van der Waals surface area contributed by atoms with E-state index in [-0.39, 0.29) is 10.5 Å². The van der Waals surface area contributed by atoms with Crippen LogP contribution in [0.3, 0.4) is 0 Å². The highest BCUT2D eigenvalue weighted by Crippen LogP contribution is 2.13. The predicted molar refractivity (Wildman–Crippen MR) is 77.1 cm³/mol. The molecule has 0 atom stereocenters. The van der Waals surface area contributed by atoms with Gasteiger partial charge in [0.1, 0.15) is 10.7 Å². The Bertz CT molecular complexity index is 770. The monoisotopic (exact) mass is 305 g/mol. The lowest BCUT2D eigenvalue weighted by molar-refractivity contribution is 0.112. The van der Waals surface area contributed by atoms with Gasteiger partial charge in [-0.1, -0.05) is 18.2 Å². The number of anilines is 1. The molecule has 8 heteroatoms. The third-order valence-corrected chi connectivity index (χ3v) is 3.43. The molecule has 0 saturated carbocycles. The summed E-state index contributed by atoms with van der Waals surface area (Å²) < 4.78 is 31.5. The summed E-state index contributed by atoms with van der Waals surface area (Å²) in [5, 5.41) is 3.84. The third kappa shape index (κ3) is 3.94. The Balaban J connectivity index is 2.16. The lowest BCUT2D eigenvalue weighted by Gasteiger charge is -2.02. The van der Waals surface area contributed by atoms with E-state index in [1.165, 1.54) is 30.6 Å². The second kappa shape index (κ2) is 6.25. The minimum absolute atomic E-state index is 0.233. The number of hydrazone groups is 1. The van der Waals surface area contributed by atoms with Crippen molar-refractivity contribution in [3.63, 3.8) is 0 Å². The van der Waals surface area contributed by atoms with Crippen LogP contribution in [0.2, 0.25) is 0 Å². The standard InChI is InChI=1S/C13H11N3O4S/c17-9-10-5-6-13(14-7-10)16-15-8-11-3-1-2-4-12(11)21(18,19)20/h1-9H,(H,14,16)(H,18,19,20). The molecule has 0 aliphatic rings. The van der Waals surface area contributed by atoms with Crippen molar-refractivity contribution in [2.45, 2.75) is 4.90 Å². The fourth-order valence-electron chi connectivity index (χ4n) is 1.53. The number of aromatic nitrogens is 1. The maximum atomic E-state index is 11.2. The molecule has 0 unspecified atom stereocenters. The van der Waals surface area contributed by atoms with Crippen LogP contribution in [0.1, 0.15) is 15.9 Å². The van der Waals surface area contributed by atoms with E-state index in [9.17, 15) is 13.2 Å². The van der Waals surface area contributed by atoms with Crippen molar-refractivity contribution in [3.8, 4) is 0 Å². The minimum Gasteiger partial charge on any atom is -0.298 e. The van der Waals surface area contributed by atoms with E-state index < -0.39 is 10.1 Å². The molecule has 7 nitrogen and oxygen atoms in total.